The smallest absolute Gasteiger partial charge is 0.322 e. The molecular weight excluding hydrogens is 462 g/mol. The molecule has 1 saturated carbocycles. The van der Waals surface area contributed by atoms with E-state index in [9.17, 15) is 18.0 Å². The Morgan fingerprint density at radius 1 is 0.943 bits per heavy atom. The molecule has 1 heterocycles. The Bertz CT molecular complexity index is 1390. The topological polar surface area (TPSA) is 95.6 Å². The van der Waals surface area contributed by atoms with E-state index in [4.69, 9.17) is 0 Å². The molecule has 0 radical (unpaired) electrons. The fourth-order valence-electron chi connectivity index (χ4n) is 5.03. The molecule has 8 heteroatoms. The Hall–Kier alpha value is -3.65. The van der Waals surface area contributed by atoms with Crippen molar-refractivity contribution in [3.63, 3.8) is 0 Å². The summed E-state index contributed by atoms with van der Waals surface area (Å²) < 4.78 is 27.9. The fraction of sp³-hybridized carbons (Fsp3) is 0.259. The van der Waals surface area contributed by atoms with Crippen molar-refractivity contribution in [3.05, 3.63) is 95.6 Å². The van der Waals surface area contributed by atoms with Crippen LogP contribution in [0.3, 0.4) is 0 Å². The van der Waals surface area contributed by atoms with Gasteiger partial charge in [0.05, 0.1) is 4.90 Å². The van der Waals surface area contributed by atoms with Crippen molar-refractivity contribution in [1.29, 1.82) is 0 Å². The third-order valence-corrected chi connectivity index (χ3v) is 8.34. The van der Waals surface area contributed by atoms with Crippen LogP contribution >= 0.6 is 0 Å². The van der Waals surface area contributed by atoms with Crippen molar-refractivity contribution in [2.45, 2.75) is 42.5 Å². The molecule has 180 valence electrons. The lowest BCUT2D eigenvalue weighted by atomic mass is 9.99. The summed E-state index contributed by atoms with van der Waals surface area (Å²) in [4.78, 5) is 28.8. The Labute approximate surface area is 205 Å². The first kappa shape index (κ1) is 23.1. The standard InChI is InChI=1S/C27H27N3O4S/c1-19-10-5-8-16-24(19)35(33,34)29-26(32)28-27(18-22(27)20-11-3-2-4-12-20)25(31)30-17-9-14-21-13-6-7-15-23(21)30/h2-8,10-13,15-16,22H,9,14,17-18H2,1H3,(H2,28,29,32). The summed E-state index contributed by atoms with van der Waals surface area (Å²) in [5, 5.41) is 2.77. The monoisotopic (exact) mass is 489 g/mol. The number of carbonyl (C=O) groups is 2. The summed E-state index contributed by atoms with van der Waals surface area (Å²) >= 11 is 0. The highest BCUT2D eigenvalue weighted by Gasteiger charge is 2.63. The van der Waals surface area contributed by atoms with Crippen LogP contribution in [0.1, 0.15) is 35.4 Å². The second kappa shape index (κ2) is 8.85. The molecule has 1 aliphatic heterocycles. The van der Waals surface area contributed by atoms with Crippen LogP contribution in [0.4, 0.5) is 10.5 Å². The predicted octanol–water partition coefficient (Wildman–Crippen LogP) is 3.89. The molecule has 3 aromatic carbocycles. The van der Waals surface area contributed by atoms with Crippen LogP contribution in [-0.4, -0.2) is 32.4 Å². The summed E-state index contributed by atoms with van der Waals surface area (Å²) in [7, 11) is -4.10. The van der Waals surface area contributed by atoms with Gasteiger partial charge >= 0.3 is 6.03 Å². The van der Waals surface area contributed by atoms with Crippen LogP contribution < -0.4 is 14.9 Å². The summed E-state index contributed by atoms with van der Waals surface area (Å²) in [6.07, 6.45) is 2.10. The van der Waals surface area contributed by atoms with Gasteiger partial charge in [-0.3, -0.25) is 4.79 Å². The lowest BCUT2D eigenvalue weighted by Crippen LogP contribution is -2.56. The third-order valence-electron chi connectivity index (χ3n) is 6.85. The molecule has 0 bridgehead atoms. The van der Waals surface area contributed by atoms with E-state index in [0.29, 0.717) is 18.5 Å². The van der Waals surface area contributed by atoms with Crippen molar-refractivity contribution in [2.24, 2.45) is 0 Å². The van der Waals surface area contributed by atoms with Gasteiger partial charge in [0.1, 0.15) is 5.54 Å². The van der Waals surface area contributed by atoms with Crippen LogP contribution in [0.15, 0.2) is 83.8 Å². The molecule has 0 spiro atoms. The van der Waals surface area contributed by atoms with Crippen molar-refractivity contribution in [1.82, 2.24) is 10.0 Å². The summed E-state index contributed by atoms with van der Waals surface area (Å²) in [5.74, 6) is -0.473. The van der Waals surface area contributed by atoms with Gasteiger partial charge in [-0.1, -0.05) is 66.7 Å². The number of amides is 3. The largest absolute Gasteiger partial charge is 0.329 e. The van der Waals surface area contributed by atoms with Gasteiger partial charge in [-0.05, 0) is 55.0 Å². The first-order chi connectivity index (χ1) is 16.8. The number of nitrogens with zero attached hydrogens (tertiary/aromatic N) is 1. The molecule has 2 unspecified atom stereocenters. The summed E-state index contributed by atoms with van der Waals surface area (Å²) in [6, 6.07) is 22.8. The predicted molar refractivity (Wildman–Crippen MR) is 134 cm³/mol. The van der Waals surface area contributed by atoms with Crippen LogP contribution in [0.5, 0.6) is 0 Å². The third kappa shape index (κ3) is 4.30. The maximum Gasteiger partial charge on any atom is 0.329 e. The second-order valence-electron chi connectivity index (χ2n) is 9.15. The Morgan fingerprint density at radius 3 is 2.40 bits per heavy atom. The maximum atomic E-state index is 14.0. The van der Waals surface area contributed by atoms with Gasteiger partial charge < -0.3 is 10.2 Å². The lowest BCUT2D eigenvalue weighted by Gasteiger charge is -2.33. The number of hydrogen-bond donors (Lipinski definition) is 2. The van der Waals surface area contributed by atoms with E-state index < -0.39 is 21.6 Å². The van der Waals surface area contributed by atoms with Crippen LogP contribution in [0.25, 0.3) is 0 Å². The number of nitrogens with one attached hydrogen (secondary N) is 2. The number of carbonyl (C=O) groups excluding carboxylic acids is 2. The van der Waals surface area contributed by atoms with Crippen LogP contribution in [0, 0.1) is 6.92 Å². The Kier molecular flexibility index (Phi) is 5.84. The van der Waals surface area contributed by atoms with Gasteiger partial charge in [-0.25, -0.2) is 17.9 Å². The van der Waals surface area contributed by atoms with Gasteiger partial charge in [-0.15, -0.1) is 0 Å². The molecule has 5 rings (SSSR count). The molecular formula is C27H27N3O4S. The Morgan fingerprint density at radius 2 is 1.63 bits per heavy atom. The average Bonchev–Trinajstić information content (AvgIpc) is 3.58. The van der Waals surface area contributed by atoms with Gasteiger partial charge in [0.15, 0.2) is 0 Å². The van der Waals surface area contributed by atoms with Crippen molar-refractivity contribution >= 4 is 27.6 Å². The number of aryl methyl sites for hydroxylation is 2. The van der Waals surface area contributed by atoms with E-state index >= 15 is 0 Å². The molecule has 3 aromatic rings. The lowest BCUT2D eigenvalue weighted by molar-refractivity contribution is -0.121. The molecule has 1 fully saturated rings. The number of fused-ring (bicyclic) bond motifs is 1. The highest BCUT2D eigenvalue weighted by Crippen LogP contribution is 2.53. The van der Waals surface area contributed by atoms with E-state index in [1.807, 2.05) is 54.6 Å². The minimum absolute atomic E-state index is 0.0240. The van der Waals surface area contributed by atoms with Crippen molar-refractivity contribution in [3.8, 4) is 0 Å². The zero-order chi connectivity index (χ0) is 24.6. The van der Waals surface area contributed by atoms with Crippen LogP contribution in [-0.2, 0) is 21.2 Å². The molecule has 0 saturated heterocycles. The SMILES string of the molecule is Cc1ccccc1S(=O)(=O)NC(=O)NC1(C(=O)N2CCCc3ccccc32)CC1c1ccccc1. The Balaban J connectivity index is 1.44. The molecule has 35 heavy (non-hydrogen) atoms. The highest BCUT2D eigenvalue weighted by atomic mass is 32.2. The quantitative estimate of drug-likeness (QED) is 0.568. The highest BCUT2D eigenvalue weighted by molar-refractivity contribution is 7.90. The number of benzene rings is 3. The molecule has 0 aromatic heterocycles. The van der Waals surface area contributed by atoms with Crippen molar-refractivity contribution in [2.75, 3.05) is 11.4 Å². The van der Waals surface area contributed by atoms with Gasteiger partial charge in [0.25, 0.3) is 15.9 Å². The number of rotatable bonds is 5. The van der Waals surface area contributed by atoms with Gasteiger partial charge in [-0.2, -0.15) is 0 Å². The van der Waals surface area contributed by atoms with E-state index in [1.54, 1.807) is 30.0 Å². The average molecular weight is 490 g/mol. The van der Waals surface area contributed by atoms with Gasteiger partial charge in [0, 0.05) is 18.2 Å². The second-order valence-corrected chi connectivity index (χ2v) is 10.8. The molecule has 2 N–H and O–H groups in total. The maximum absolute atomic E-state index is 14.0. The number of urea groups is 1. The number of anilines is 1. The summed E-state index contributed by atoms with van der Waals surface area (Å²) in [5.41, 5.74) is 2.16. The minimum atomic E-state index is -4.10. The zero-order valence-electron chi connectivity index (χ0n) is 19.4. The van der Waals surface area contributed by atoms with Gasteiger partial charge in [0.2, 0.25) is 0 Å². The molecule has 3 amide bonds. The van der Waals surface area contributed by atoms with E-state index in [1.165, 1.54) is 6.07 Å². The van der Waals surface area contributed by atoms with Crippen LogP contribution in [0.2, 0.25) is 0 Å². The zero-order valence-corrected chi connectivity index (χ0v) is 20.2. The number of para-hydroxylation sites is 1. The first-order valence-corrected chi connectivity index (χ1v) is 13.2. The van der Waals surface area contributed by atoms with E-state index in [0.717, 1.165) is 29.7 Å². The van der Waals surface area contributed by atoms with E-state index in [-0.39, 0.29) is 16.7 Å². The molecule has 2 aliphatic rings. The fourth-order valence-corrected chi connectivity index (χ4v) is 6.18. The van der Waals surface area contributed by atoms with E-state index in [2.05, 4.69) is 10.0 Å². The molecule has 2 atom stereocenters. The molecule has 1 aliphatic carbocycles. The normalized spacial score (nSPS) is 21.1. The number of hydrogen-bond acceptors (Lipinski definition) is 4. The minimum Gasteiger partial charge on any atom is -0.322 e. The first-order valence-electron chi connectivity index (χ1n) is 11.7. The van der Waals surface area contributed by atoms with Crippen molar-refractivity contribution < 1.29 is 18.0 Å². The summed E-state index contributed by atoms with van der Waals surface area (Å²) in [6.45, 7) is 2.21. The number of sulfonamides is 1. The molecule has 7 nitrogen and oxygen atoms in total.